The fourth-order valence-electron chi connectivity index (χ4n) is 2.41. The number of hydrogen-bond acceptors (Lipinski definition) is 4. The van der Waals surface area contributed by atoms with Crippen molar-refractivity contribution < 1.29 is 9.52 Å². The number of fused-ring (bicyclic) bond motifs is 1. The molecule has 1 aromatic carbocycles. The quantitative estimate of drug-likeness (QED) is 0.798. The van der Waals surface area contributed by atoms with E-state index in [1.54, 1.807) is 30.6 Å². The first-order valence-electron chi connectivity index (χ1n) is 6.90. The number of nitrogens with zero attached hydrogens (tertiary/aromatic N) is 1. The van der Waals surface area contributed by atoms with Crippen molar-refractivity contribution in [3.63, 3.8) is 0 Å². The van der Waals surface area contributed by atoms with Crippen molar-refractivity contribution in [2.45, 2.75) is 19.8 Å². The van der Waals surface area contributed by atoms with Crippen molar-refractivity contribution in [3.8, 4) is 17.1 Å². The zero-order valence-electron chi connectivity index (χ0n) is 11.7. The van der Waals surface area contributed by atoms with Crippen molar-refractivity contribution in [1.82, 2.24) is 4.98 Å². The van der Waals surface area contributed by atoms with E-state index in [0.717, 1.165) is 12.0 Å². The van der Waals surface area contributed by atoms with Crippen LogP contribution in [0.4, 0.5) is 0 Å². The predicted molar refractivity (Wildman–Crippen MR) is 81.4 cm³/mol. The third-order valence-electron chi connectivity index (χ3n) is 3.42. The Labute approximate surface area is 121 Å². The fraction of sp³-hybridized carbons (Fsp3) is 0.176. The molecule has 0 amide bonds. The lowest BCUT2D eigenvalue weighted by atomic mass is 10.0. The van der Waals surface area contributed by atoms with Crippen LogP contribution in [-0.4, -0.2) is 10.1 Å². The Kier molecular flexibility index (Phi) is 3.44. The van der Waals surface area contributed by atoms with E-state index in [2.05, 4.69) is 4.98 Å². The summed E-state index contributed by atoms with van der Waals surface area (Å²) in [5.74, 6) is 0.624. The summed E-state index contributed by atoms with van der Waals surface area (Å²) in [6.07, 6.45) is 4.82. The summed E-state index contributed by atoms with van der Waals surface area (Å²) >= 11 is 0. The van der Waals surface area contributed by atoms with Crippen molar-refractivity contribution in [2.24, 2.45) is 0 Å². The van der Waals surface area contributed by atoms with Gasteiger partial charge in [0.25, 0.3) is 0 Å². The van der Waals surface area contributed by atoms with E-state index in [9.17, 15) is 9.90 Å². The molecule has 3 aromatic rings. The Morgan fingerprint density at radius 2 is 2.14 bits per heavy atom. The summed E-state index contributed by atoms with van der Waals surface area (Å²) in [6, 6.07) is 8.23. The smallest absolute Gasteiger partial charge is 0.193 e. The molecule has 0 aliphatic heterocycles. The highest BCUT2D eigenvalue weighted by Crippen LogP contribution is 2.29. The second-order valence-electron chi connectivity index (χ2n) is 4.91. The van der Waals surface area contributed by atoms with Crippen LogP contribution in [0.3, 0.4) is 0 Å². The van der Waals surface area contributed by atoms with Gasteiger partial charge in [0.05, 0.1) is 5.39 Å². The molecule has 0 saturated heterocycles. The Morgan fingerprint density at radius 3 is 2.86 bits per heavy atom. The van der Waals surface area contributed by atoms with Crippen LogP contribution in [0, 0.1) is 0 Å². The monoisotopic (exact) mass is 281 g/mol. The topological polar surface area (TPSA) is 63.3 Å². The maximum Gasteiger partial charge on any atom is 0.193 e. The van der Waals surface area contributed by atoms with Crippen LogP contribution in [0.1, 0.15) is 18.9 Å². The minimum atomic E-state index is -0.118. The molecule has 0 radical (unpaired) electrons. The van der Waals surface area contributed by atoms with Crippen LogP contribution in [0.2, 0.25) is 0 Å². The average molecular weight is 281 g/mol. The molecular formula is C17H15NO3. The number of phenols is 1. The van der Waals surface area contributed by atoms with E-state index in [1.165, 1.54) is 6.07 Å². The Balaban J connectivity index is 2.31. The van der Waals surface area contributed by atoms with E-state index in [1.807, 2.05) is 13.0 Å². The third-order valence-corrected chi connectivity index (χ3v) is 3.42. The average Bonchev–Trinajstić information content (AvgIpc) is 2.51. The van der Waals surface area contributed by atoms with E-state index >= 15 is 0 Å². The van der Waals surface area contributed by atoms with Gasteiger partial charge in [-0.15, -0.1) is 0 Å². The molecule has 0 bridgehead atoms. The molecule has 0 saturated carbocycles. The van der Waals surface area contributed by atoms with Crippen molar-refractivity contribution in [2.75, 3.05) is 0 Å². The molecule has 0 unspecified atom stereocenters. The summed E-state index contributed by atoms with van der Waals surface area (Å²) in [7, 11) is 0. The molecule has 3 rings (SSSR count). The van der Waals surface area contributed by atoms with Gasteiger partial charge >= 0.3 is 0 Å². The lowest BCUT2D eigenvalue weighted by molar-refractivity contribution is 0.466. The van der Waals surface area contributed by atoms with Crippen LogP contribution in [0.5, 0.6) is 5.75 Å². The van der Waals surface area contributed by atoms with Crippen LogP contribution in [-0.2, 0) is 6.42 Å². The van der Waals surface area contributed by atoms with E-state index in [4.69, 9.17) is 4.42 Å². The largest absolute Gasteiger partial charge is 0.508 e. The first-order chi connectivity index (χ1) is 10.2. The summed E-state index contributed by atoms with van der Waals surface area (Å²) in [5.41, 5.74) is 1.76. The highest BCUT2D eigenvalue weighted by atomic mass is 16.3. The minimum Gasteiger partial charge on any atom is -0.508 e. The fourth-order valence-corrected chi connectivity index (χ4v) is 2.41. The maximum atomic E-state index is 12.3. The van der Waals surface area contributed by atoms with Gasteiger partial charge in [0, 0.05) is 29.6 Å². The number of hydrogen-bond donors (Lipinski definition) is 1. The summed E-state index contributed by atoms with van der Waals surface area (Å²) in [4.78, 5) is 16.3. The molecular weight excluding hydrogens is 266 g/mol. The van der Waals surface area contributed by atoms with Gasteiger partial charge in [0.15, 0.2) is 5.43 Å². The molecule has 106 valence electrons. The van der Waals surface area contributed by atoms with Gasteiger partial charge in [0.1, 0.15) is 17.1 Å². The molecule has 21 heavy (non-hydrogen) atoms. The van der Waals surface area contributed by atoms with E-state index < -0.39 is 0 Å². The molecule has 4 nitrogen and oxygen atoms in total. The van der Waals surface area contributed by atoms with Crippen LogP contribution in [0.15, 0.2) is 51.9 Å². The number of phenolic OH excluding ortho intramolecular Hbond substituents is 1. The van der Waals surface area contributed by atoms with E-state index in [-0.39, 0.29) is 11.2 Å². The van der Waals surface area contributed by atoms with Crippen molar-refractivity contribution in [1.29, 1.82) is 0 Å². The molecule has 0 fully saturated rings. The second-order valence-corrected chi connectivity index (χ2v) is 4.91. The molecule has 4 heteroatoms. The van der Waals surface area contributed by atoms with Gasteiger partial charge < -0.3 is 9.52 Å². The Hall–Kier alpha value is -2.62. The number of benzene rings is 1. The molecule has 1 N–H and O–H groups in total. The lowest BCUT2D eigenvalue weighted by Crippen LogP contribution is -2.02. The molecule has 0 aliphatic carbocycles. The minimum absolute atomic E-state index is 0.118. The number of aromatic nitrogens is 1. The highest BCUT2D eigenvalue weighted by Gasteiger charge is 2.13. The van der Waals surface area contributed by atoms with Crippen molar-refractivity contribution >= 4 is 11.0 Å². The number of pyridine rings is 1. The zero-order chi connectivity index (χ0) is 14.8. The van der Waals surface area contributed by atoms with E-state index in [0.29, 0.717) is 28.7 Å². The second kappa shape index (κ2) is 5.40. The normalized spacial score (nSPS) is 10.9. The standard InChI is InChI=1S/C17H15NO3/c1-2-4-12-14(19)7-6-13-15(20)9-16(21-17(12)13)11-5-3-8-18-10-11/h3,5-10,19H,2,4H2,1H3. The summed E-state index contributed by atoms with van der Waals surface area (Å²) in [5, 5.41) is 10.5. The molecule has 0 aliphatic rings. The maximum absolute atomic E-state index is 12.3. The Bertz CT molecular complexity index is 838. The first kappa shape index (κ1) is 13.4. The first-order valence-corrected chi connectivity index (χ1v) is 6.90. The highest BCUT2D eigenvalue weighted by molar-refractivity contribution is 5.83. The third kappa shape index (κ3) is 2.40. The van der Waals surface area contributed by atoms with Gasteiger partial charge in [-0.1, -0.05) is 13.3 Å². The number of aromatic hydroxyl groups is 1. The van der Waals surface area contributed by atoms with Gasteiger partial charge in [-0.2, -0.15) is 0 Å². The van der Waals surface area contributed by atoms with Crippen LogP contribution in [0.25, 0.3) is 22.3 Å². The number of aryl methyl sites for hydroxylation is 1. The molecule has 2 aromatic heterocycles. The zero-order valence-corrected chi connectivity index (χ0v) is 11.7. The Morgan fingerprint density at radius 1 is 1.29 bits per heavy atom. The van der Waals surface area contributed by atoms with Crippen molar-refractivity contribution in [3.05, 3.63) is 58.5 Å². The van der Waals surface area contributed by atoms with Gasteiger partial charge in [-0.25, -0.2) is 0 Å². The van der Waals surface area contributed by atoms with Gasteiger partial charge in [0.2, 0.25) is 0 Å². The predicted octanol–water partition coefficient (Wildman–Crippen LogP) is 3.51. The van der Waals surface area contributed by atoms with Gasteiger partial charge in [-0.05, 0) is 30.7 Å². The van der Waals surface area contributed by atoms with Gasteiger partial charge in [-0.3, -0.25) is 9.78 Å². The molecule has 0 atom stereocenters. The van der Waals surface area contributed by atoms with Crippen LogP contribution < -0.4 is 5.43 Å². The number of rotatable bonds is 3. The molecule has 2 heterocycles. The summed E-state index contributed by atoms with van der Waals surface area (Å²) < 4.78 is 5.89. The lowest BCUT2D eigenvalue weighted by Gasteiger charge is -2.08. The molecule has 0 spiro atoms. The summed E-state index contributed by atoms with van der Waals surface area (Å²) in [6.45, 7) is 2.02. The SMILES string of the molecule is CCCc1c(O)ccc2c(=O)cc(-c3cccnc3)oc12. The van der Waals surface area contributed by atoms with Crippen LogP contribution >= 0.6 is 0 Å².